The van der Waals surface area contributed by atoms with Crippen LogP contribution in [0.4, 0.5) is 0 Å². The van der Waals surface area contributed by atoms with Crippen LogP contribution in [0.15, 0.2) is 41.4 Å². The van der Waals surface area contributed by atoms with Gasteiger partial charge in [-0.05, 0) is 37.4 Å². The van der Waals surface area contributed by atoms with Gasteiger partial charge >= 0.3 is 0 Å². The van der Waals surface area contributed by atoms with Gasteiger partial charge in [-0.25, -0.2) is 0 Å². The Morgan fingerprint density at radius 3 is 2.75 bits per heavy atom. The van der Waals surface area contributed by atoms with Crippen molar-refractivity contribution in [2.45, 2.75) is 18.4 Å². The third-order valence-electron chi connectivity index (χ3n) is 2.80. The summed E-state index contributed by atoms with van der Waals surface area (Å²) < 4.78 is 10.8. The number of ether oxygens (including phenoxy) is 2. The number of nitriles is 1. The zero-order chi connectivity index (χ0) is 14.4. The van der Waals surface area contributed by atoms with Crippen molar-refractivity contribution in [2.24, 2.45) is 0 Å². The summed E-state index contributed by atoms with van der Waals surface area (Å²) >= 11 is 1.59. The number of benzene rings is 1. The largest absolute Gasteiger partial charge is 0.487 e. The number of aromatic nitrogens is 1. The summed E-state index contributed by atoms with van der Waals surface area (Å²) in [6.45, 7) is 2.23. The average Bonchev–Trinajstić information content (AvgIpc) is 2.47. The van der Waals surface area contributed by atoms with E-state index in [0.29, 0.717) is 12.4 Å². The number of pyridine rings is 1. The van der Waals surface area contributed by atoms with Crippen molar-refractivity contribution in [3.05, 3.63) is 47.8 Å². The van der Waals surface area contributed by atoms with Gasteiger partial charge in [0, 0.05) is 16.7 Å². The standard InChI is InChI=1S/C15H14N2O2S/c1-11-13(6-4-8-17-11)18-9-12-14(19-10-16)5-3-7-15(12)20-2/h3-8H,9H2,1-2H3. The number of thioether (sulfide) groups is 1. The molecule has 0 N–H and O–H groups in total. The Bertz CT molecular complexity index is 638. The second-order valence-electron chi connectivity index (χ2n) is 4.01. The zero-order valence-electron chi connectivity index (χ0n) is 11.3. The summed E-state index contributed by atoms with van der Waals surface area (Å²) in [4.78, 5) is 5.21. The third-order valence-corrected chi connectivity index (χ3v) is 3.62. The lowest BCUT2D eigenvalue weighted by Gasteiger charge is -2.13. The number of aryl methyl sites for hydroxylation is 1. The fraction of sp³-hybridized carbons (Fsp3) is 0.200. The van der Waals surface area contributed by atoms with Crippen LogP contribution in [0.25, 0.3) is 0 Å². The average molecular weight is 286 g/mol. The van der Waals surface area contributed by atoms with Crippen molar-refractivity contribution in [1.29, 1.82) is 5.26 Å². The molecule has 0 spiro atoms. The molecule has 0 bridgehead atoms. The minimum Gasteiger partial charge on any atom is -0.487 e. The lowest BCUT2D eigenvalue weighted by Crippen LogP contribution is -2.02. The molecule has 5 heteroatoms. The van der Waals surface area contributed by atoms with Crippen LogP contribution in [0, 0.1) is 18.4 Å². The van der Waals surface area contributed by atoms with Gasteiger partial charge in [0.05, 0.1) is 5.69 Å². The lowest BCUT2D eigenvalue weighted by molar-refractivity contribution is 0.294. The van der Waals surface area contributed by atoms with Crippen molar-refractivity contribution < 1.29 is 9.47 Å². The fourth-order valence-corrected chi connectivity index (χ4v) is 2.42. The first-order valence-electron chi connectivity index (χ1n) is 6.02. The van der Waals surface area contributed by atoms with Gasteiger partial charge in [0.1, 0.15) is 18.1 Å². The monoisotopic (exact) mass is 286 g/mol. The van der Waals surface area contributed by atoms with Gasteiger partial charge in [0.25, 0.3) is 6.26 Å². The Labute approximate surface area is 122 Å². The van der Waals surface area contributed by atoms with E-state index in [4.69, 9.17) is 14.7 Å². The first-order chi connectivity index (χ1) is 9.76. The van der Waals surface area contributed by atoms with Crippen molar-refractivity contribution in [1.82, 2.24) is 4.98 Å². The lowest BCUT2D eigenvalue weighted by atomic mass is 10.2. The smallest absolute Gasteiger partial charge is 0.292 e. The summed E-state index contributed by atoms with van der Waals surface area (Å²) in [5.74, 6) is 1.26. The molecular formula is C15H14N2O2S. The van der Waals surface area contributed by atoms with E-state index in [0.717, 1.165) is 21.9 Å². The molecular weight excluding hydrogens is 272 g/mol. The van der Waals surface area contributed by atoms with Gasteiger partial charge in [0.2, 0.25) is 0 Å². The Morgan fingerprint density at radius 2 is 2.05 bits per heavy atom. The molecule has 4 nitrogen and oxygen atoms in total. The molecule has 0 radical (unpaired) electrons. The molecule has 1 aromatic heterocycles. The van der Waals surface area contributed by atoms with Gasteiger partial charge in [0.15, 0.2) is 0 Å². The molecule has 0 aliphatic rings. The van der Waals surface area contributed by atoms with Gasteiger partial charge in [-0.1, -0.05) is 6.07 Å². The maximum atomic E-state index is 8.71. The predicted octanol–water partition coefficient (Wildman–Crippen LogP) is 3.55. The molecule has 0 amide bonds. The Kier molecular flexibility index (Phi) is 4.85. The summed E-state index contributed by atoms with van der Waals surface area (Å²) in [5, 5.41) is 8.71. The summed E-state index contributed by atoms with van der Waals surface area (Å²) in [6.07, 6.45) is 5.41. The maximum absolute atomic E-state index is 8.71. The molecule has 0 aliphatic heterocycles. The molecule has 1 heterocycles. The minimum absolute atomic E-state index is 0.334. The van der Waals surface area contributed by atoms with Crippen LogP contribution in [-0.2, 0) is 6.61 Å². The van der Waals surface area contributed by atoms with E-state index >= 15 is 0 Å². The molecule has 102 valence electrons. The van der Waals surface area contributed by atoms with Crippen LogP contribution in [0.1, 0.15) is 11.3 Å². The number of nitrogens with zero attached hydrogens (tertiary/aromatic N) is 2. The molecule has 0 unspecified atom stereocenters. The molecule has 0 atom stereocenters. The highest BCUT2D eigenvalue weighted by molar-refractivity contribution is 7.98. The molecule has 20 heavy (non-hydrogen) atoms. The molecule has 0 saturated heterocycles. The van der Waals surface area contributed by atoms with Crippen molar-refractivity contribution in [3.8, 4) is 17.8 Å². The topological polar surface area (TPSA) is 55.1 Å². The van der Waals surface area contributed by atoms with E-state index in [1.165, 1.54) is 0 Å². The SMILES string of the molecule is CSc1cccc(OC#N)c1COc1cccnc1C. The molecule has 0 saturated carbocycles. The predicted molar refractivity (Wildman–Crippen MR) is 77.8 cm³/mol. The third kappa shape index (κ3) is 3.22. The summed E-state index contributed by atoms with van der Waals surface area (Å²) in [5.41, 5.74) is 1.70. The van der Waals surface area contributed by atoms with Crippen molar-refractivity contribution in [2.75, 3.05) is 6.26 Å². The van der Waals surface area contributed by atoms with Crippen molar-refractivity contribution >= 4 is 11.8 Å². The van der Waals surface area contributed by atoms with Gasteiger partial charge in [-0.2, -0.15) is 0 Å². The molecule has 2 rings (SSSR count). The Balaban J connectivity index is 2.24. The van der Waals surface area contributed by atoms with E-state index in [2.05, 4.69) is 4.98 Å². The number of rotatable bonds is 5. The summed E-state index contributed by atoms with van der Waals surface area (Å²) in [7, 11) is 0. The molecule has 2 aromatic rings. The Morgan fingerprint density at radius 1 is 1.25 bits per heavy atom. The zero-order valence-corrected chi connectivity index (χ0v) is 12.1. The maximum Gasteiger partial charge on any atom is 0.292 e. The van der Waals surface area contributed by atoms with Crippen LogP contribution in [-0.4, -0.2) is 11.2 Å². The van der Waals surface area contributed by atoms with Gasteiger partial charge < -0.3 is 9.47 Å². The highest BCUT2D eigenvalue weighted by Crippen LogP contribution is 2.30. The van der Waals surface area contributed by atoms with Crippen LogP contribution in [0.3, 0.4) is 0 Å². The summed E-state index contributed by atoms with van der Waals surface area (Å²) in [6, 6.07) is 9.29. The molecule has 1 aromatic carbocycles. The van der Waals surface area contributed by atoms with E-state index in [1.54, 1.807) is 30.3 Å². The van der Waals surface area contributed by atoms with E-state index < -0.39 is 0 Å². The van der Waals surface area contributed by atoms with Crippen LogP contribution in [0.2, 0.25) is 0 Å². The van der Waals surface area contributed by atoms with Crippen molar-refractivity contribution in [3.63, 3.8) is 0 Å². The van der Waals surface area contributed by atoms with E-state index in [-0.39, 0.29) is 0 Å². The van der Waals surface area contributed by atoms with E-state index in [9.17, 15) is 0 Å². The first-order valence-corrected chi connectivity index (χ1v) is 7.25. The number of hydrogen-bond donors (Lipinski definition) is 0. The van der Waals surface area contributed by atoms with Crippen LogP contribution in [0.5, 0.6) is 11.5 Å². The Hall–Kier alpha value is -2.19. The van der Waals surface area contributed by atoms with Gasteiger partial charge in [-0.15, -0.1) is 17.0 Å². The fourth-order valence-electron chi connectivity index (χ4n) is 1.80. The second kappa shape index (κ2) is 6.83. The highest BCUT2D eigenvalue weighted by Gasteiger charge is 2.11. The van der Waals surface area contributed by atoms with E-state index in [1.807, 2.05) is 37.4 Å². The first kappa shape index (κ1) is 14.2. The molecule has 0 aliphatic carbocycles. The van der Waals surface area contributed by atoms with Gasteiger partial charge in [-0.3, -0.25) is 4.98 Å². The number of hydrogen-bond acceptors (Lipinski definition) is 5. The van der Waals surface area contributed by atoms with Crippen LogP contribution < -0.4 is 9.47 Å². The minimum atomic E-state index is 0.334. The molecule has 0 fully saturated rings. The second-order valence-corrected chi connectivity index (χ2v) is 4.85. The highest BCUT2D eigenvalue weighted by atomic mass is 32.2. The van der Waals surface area contributed by atoms with Crippen LogP contribution >= 0.6 is 11.8 Å². The quantitative estimate of drug-likeness (QED) is 0.621. The normalized spacial score (nSPS) is 9.85.